The number of fused-ring (bicyclic) bond motifs is 1. The lowest BCUT2D eigenvalue weighted by molar-refractivity contribution is -0.107. The summed E-state index contributed by atoms with van der Waals surface area (Å²) < 4.78 is 3.29. The highest BCUT2D eigenvalue weighted by molar-refractivity contribution is 9.10. The summed E-state index contributed by atoms with van der Waals surface area (Å²) in [7, 11) is 0. The normalized spacial score (nSPS) is 12.8. The van der Waals surface area contributed by atoms with Gasteiger partial charge >= 0.3 is 0 Å². The molecule has 1 atom stereocenters. The molecule has 2 rings (SSSR count). The standard InChI is InChI=1S/C13H15BrN2O/c1-10(15-5-7-17)9-16-6-4-11-8-12(14)2-3-13(11)16/h2-4,6-8,10,15H,5,9H2,1H3/t10-/m0/s1. The predicted molar refractivity (Wildman–Crippen MR) is 73.2 cm³/mol. The first-order valence-corrected chi connectivity index (χ1v) is 6.41. The molecule has 0 spiro atoms. The molecule has 0 fully saturated rings. The molecule has 0 aliphatic rings. The van der Waals surface area contributed by atoms with Crippen LogP contribution in [0.25, 0.3) is 10.9 Å². The van der Waals surface area contributed by atoms with Gasteiger partial charge in [0.25, 0.3) is 0 Å². The summed E-state index contributed by atoms with van der Waals surface area (Å²) in [5.41, 5.74) is 1.22. The van der Waals surface area contributed by atoms with Gasteiger partial charge in [-0.3, -0.25) is 0 Å². The molecule has 0 saturated carbocycles. The van der Waals surface area contributed by atoms with Crippen molar-refractivity contribution in [2.24, 2.45) is 0 Å². The number of nitrogens with zero attached hydrogens (tertiary/aromatic N) is 1. The number of carbonyl (C=O) groups is 1. The second-order valence-corrected chi connectivity index (χ2v) is 5.06. The zero-order chi connectivity index (χ0) is 12.3. The minimum Gasteiger partial charge on any atom is -0.346 e. The van der Waals surface area contributed by atoms with Crippen LogP contribution in [-0.4, -0.2) is 23.4 Å². The Hall–Kier alpha value is -1.13. The Kier molecular flexibility index (Phi) is 3.97. The van der Waals surface area contributed by atoms with Crippen LogP contribution in [0.5, 0.6) is 0 Å². The summed E-state index contributed by atoms with van der Waals surface area (Å²) in [6, 6.07) is 8.63. The Labute approximate surface area is 109 Å². The molecule has 2 aromatic rings. The highest BCUT2D eigenvalue weighted by Gasteiger charge is 2.05. The van der Waals surface area contributed by atoms with E-state index in [1.165, 1.54) is 10.9 Å². The van der Waals surface area contributed by atoms with E-state index in [-0.39, 0.29) is 6.04 Å². The number of aldehydes is 1. The SMILES string of the molecule is C[C@@H](Cn1ccc2cc(Br)ccc21)NCC=O. The predicted octanol–water partition coefficient (Wildman–Crippen LogP) is 2.58. The summed E-state index contributed by atoms with van der Waals surface area (Å²) >= 11 is 3.47. The molecule has 90 valence electrons. The molecule has 4 heteroatoms. The van der Waals surface area contributed by atoms with Crippen molar-refractivity contribution in [3.05, 3.63) is 34.9 Å². The number of carbonyl (C=O) groups excluding carboxylic acids is 1. The fourth-order valence-electron chi connectivity index (χ4n) is 1.94. The van der Waals surface area contributed by atoms with Gasteiger partial charge in [-0.1, -0.05) is 15.9 Å². The van der Waals surface area contributed by atoms with Gasteiger partial charge < -0.3 is 14.7 Å². The molecule has 1 aromatic heterocycles. The molecule has 1 aromatic carbocycles. The van der Waals surface area contributed by atoms with Gasteiger partial charge in [0.05, 0.1) is 6.54 Å². The summed E-state index contributed by atoms with van der Waals surface area (Å²) in [4.78, 5) is 10.3. The van der Waals surface area contributed by atoms with Crippen molar-refractivity contribution in [2.45, 2.75) is 19.5 Å². The van der Waals surface area contributed by atoms with Gasteiger partial charge in [0.15, 0.2) is 0 Å². The maximum absolute atomic E-state index is 10.3. The quantitative estimate of drug-likeness (QED) is 0.860. The number of rotatable bonds is 5. The van der Waals surface area contributed by atoms with Crippen LogP contribution in [-0.2, 0) is 11.3 Å². The Morgan fingerprint density at radius 3 is 3.06 bits per heavy atom. The van der Waals surface area contributed by atoms with Gasteiger partial charge in [-0.2, -0.15) is 0 Å². The third-order valence-electron chi connectivity index (χ3n) is 2.75. The minimum atomic E-state index is 0.277. The maximum atomic E-state index is 10.3. The lowest BCUT2D eigenvalue weighted by Gasteiger charge is -2.13. The number of aromatic nitrogens is 1. The van der Waals surface area contributed by atoms with Crippen molar-refractivity contribution in [2.75, 3.05) is 6.54 Å². The zero-order valence-corrected chi connectivity index (χ0v) is 11.3. The molecule has 0 aliphatic heterocycles. The van der Waals surface area contributed by atoms with E-state index in [0.29, 0.717) is 6.54 Å². The summed E-state index contributed by atoms with van der Waals surface area (Å²) in [6.07, 6.45) is 2.97. The number of hydrogen-bond donors (Lipinski definition) is 1. The average molecular weight is 295 g/mol. The van der Waals surface area contributed by atoms with Crippen LogP contribution < -0.4 is 5.32 Å². The lowest BCUT2D eigenvalue weighted by Crippen LogP contribution is -2.31. The van der Waals surface area contributed by atoms with E-state index in [1.54, 1.807) is 0 Å². The van der Waals surface area contributed by atoms with Crippen LogP contribution in [0.2, 0.25) is 0 Å². The van der Waals surface area contributed by atoms with Crippen molar-refractivity contribution in [1.82, 2.24) is 9.88 Å². The number of hydrogen-bond acceptors (Lipinski definition) is 2. The molecule has 0 saturated heterocycles. The van der Waals surface area contributed by atoms with Crippen LogP contribution in [0, 0.1) is 0 Å². The molecular weight excluding hydrogens is 280 g/mol. The van der Waals surface area contributed by atoms with Gasteiger partial charge in [-0.05, 0) is 31.2 Å². The zero-order valence-electron chi connectivity index (χ0n) is 9.69. The van der Waals surface area contributed by atoms with Crippen LogP contribution in [0.1, 0.15) is 6.92 Å². The molecule has 0 radical (unpaired) electrons. The maximum Gasteiger partial charge on any atom is 0.133 e. The number of halogens is 1. The Morgan fingerprint density at radius 2 is 2.29 bits per heavy atom. The van der Waals surface area contributed by atoms with Gasteiger partial charge in [-0.15, -0.1) is 0 Å². The molecule has 17 heavy (non-hydrogen) atoms. The van der Waals surface area contributed by atoms with Crippen LogP contribution in [0.4, 0.5) is 0 Å². The van der Waals surface area contributed by atoms with E-state index in [1.807, 2.05) is 6.07 Å². The second kappa shape index (κ2) is 5.47. The van der Waals surface area contributed by atoms with Crippen molar-refractivity contribution >= 4 is 33.1 Å². The van der Waals surface area contributed by atoms with E-state index in [4.69, 9.17) is 0 Å². The largest absolute Gasteiger partial charge is 0.346 e. The van der Waals surface area contributed by atoms with E-state index >= 15 is 0 Å². The van der Waals surface area contributed by atoms with Crippen LogP contribution in [0.3, 0.4) is 0 Å². The van der Waals surface area contributed by atoms with Crippen LogP contribution >= 0.6 is 15.9 Å². The Balaban J connectivity index is 2.16. The van der Waals surface area contributed by atoms with Crippen molar-refractivity contribution in [1.29, 1.82) is 0 Å². The smallest absolute Gasteiger partial charge is 0.133 e. The fourth-order valence-corrected chi connectivity index (χ4v) is 2.32. The highest BCUT2D eigenvalue weighted by atomic mass is 79.9. The second-order valence-electron chi connectivity index (χ2n) is 4.15. The first kappa shape index (κ1) is 12.3. The Bertz CT molecular complexity index is 521. The summed E-state index contributed by atoms with van der Waals surface area (Å²) in [6.45, 7) is 3.35. The van der Waals surface area contributed by atoms with E-state index in [2.05, 4.69) is 57.1 Å². The first-order valence-electron chi connectivity index (χ1n) is 5.62. The van der Waals surface area contributed by atoms with Gasteiger partial charge in [0, 0.05) is 34.2 Å². The number of nitrogens with one attached hydrogen (secondary N) is 1. The molecular formula is C13H15BrN2O. The van der Waals surface area contributed by atoms with E-state index < -0.39 is 0 Å². The molecule has 0 amide bonds. The Morgan fingerprint density at radius 1 is 1.47 bits per heavy atom. The first-order chi connectivity index (χ1) is 8.20. The van der Waals surface area contributed by atoms with E-state index in [0.717, 1.165) is 17.3 Å². The molecule has 0 aliphatic carbocycles. The molecule has 1 heterocycles. The summed E-state index contributed by atoms with van der Waals surface area (Å²) in [5, 5.41) is 4.37. The third kappa shape index (κ3) is 2.96. The minimum absolute atomic E-state index is 0.277. The molecule has 0 bridgehead atoms. The van der Waals surface area contributed by atoms with Crippen molar-refractivity contribution < 1.29 is 4.79 Å². The van der Waals surface area contributed by atoms with Crippen molar-refractivity contribution in [3.8, 4) is 0 Å². The van der Waals surface area contributed by atoms with E-state index in [9.17, 15) is 4.79 Å². The average Bonchev–Trinajstić information content (AvgIpc) is 2.69. The molecule has 0 unspecified atom stereocenters. The number of benzene rings is 1. The molecule has 3 nitrogen and oxygen atoms in total. The highest BCUT2D eigenvalue weighted by Crippen LogP contribution is 2.21. The third-order valence-corrected chi connectivity index (χ3v) is 3.25. The van der Waals surface area contributed by atoms with Crippen molar-refractivity contribution in [3.63, 3.8) is 0 Å². The summed E-state index contributed by atoms with van der Waals surface area (Å²) in [5.74, 6) is 0. The molecule has 1 N–H and O–H groups in total. The van der Waals surface area contributed by atoms with Gasteiger partial charge in [0.1, 0.15) is 6.29 Å². The monoisotopic (exact) mass is 294 g/mol. The van der Waals surface area contributed by atoms with Gasteiger partial charge in [-0.25, -0.2) is 0 Å². The lowest BCUT2D eigenvalue weighted by atomic mass is 10.2. The van der Waals surface area contributed by atoms with Crippen LogP contribution in [0.15, 0.2) is 34.9 Å². The van der Waals surface area contributed by atoms with Gasteiger partial charge in [0.2, 0.25) is 0 Å². The topological polar surface area (TPSA) is 34.0 Å². The fraction of sp³-hybridized carbons (Fsp3) is 0.308.